The number of hydrogen-bond donors (Lipinski definition) is 1. The zero-order valence-corrected chi connectivity index (χ0v) is 17.0. The summed E-state index contributed by atoms with van der Waals surface area (Å²) in [5, 5.41) is 6.80. The fourth-order valence-corrected chi connectivity index (χ4v) is 4.38. The third-order valence-corrected chi connectivity index (χ3v) is 5.92. The van der Waals surface area contributed by atoms with Gasteiger partial charge in [-0.05, 0) is 42.5 Å². The van der Waals surface area contributed by atoms with Crippen LogP contribution in [0.2, 0.25) is 0 Å². The van der Waals surface area contributed by atoms with Crippen LogP contribution in [0.3, 0.4) is 0 Å². The second-order valence-corrected chi connectivity index (χ2v) is 7.83. The molecular formula is C21H24N4O2S. The summed E-state index contributed by atoms with van der Waals surface area (Å²) in [6.07, 6.45) is 2.87. The summed E-state index contributed by atoms with van der Waals surface area (Å²) < 4.78 is 4.81. The molecule has 3 heterocycles. The highest BCUT2D eigenvalue weighted by molar-refractivity contribution is 7.16. The van der Waals surface area contributed by atoms with Gasteiger partial charge in [0.1, 0.15) is 16.5 Å². The van der Waals surface area contributed by atoms with Gasteiger partial charge in [-0.25, -0.2) is 14.8 Å². The molecule has 0 radical (unpaired) electrons. The molecule has 1 aliphatic heterocycles. The fourth-order valence-electron chi connectivity index (χ4n) is 3.61. The number of thiophene rings is 1. The minimum Gasteiger partial charge on any atom is -0.465 e. The summed E-state index contributed by atoms with van der Waals surface area (Å²) in [7, 11) is 1.40. The number of carbonyl (C=O) groups excluding carboxylic acids is 1. The molecule has 4 rings (SSSR count). The van der Waals surface area contributed by atoms with Gasteiger partial charge in [-0.1, -0.05) is 13.0 Å². The fraction of sp³-hybridized carbons (Fsp3) is 0.381. The number of nitrogens with one attached hydrogen (secondary N) is 1. The van der Waals surface area contributed by atoms with Crippen molar-refractivity contribution < 1.29 is 9.53 Å². The first-order chi connectivity index (χ1) is 13.7. The minimum absolute atomic E-state index is 0.311. The van der Waals surface area contributed by atoms with Crippen LogP contribution in [0.25, 0.3) is 10.2 Å². The highest BCUT2D eigenvalue weighted by Crippen LogP contribution is 2.30. The molecule has 1 aromatic carbocycles. The molecule has 3 aromatic rings. The maximum atomic E-state index is 11.7. The third kappa shape index (κ3) is 3.80. The smallest absolute Gasteiger partial charge is 0.337 e. The average Bonchev–Trinajstić information content (AvgIpc) is 3.22. The predicted octanol–water partition coefficient (Wildman–Crippen LogP) is 4.12. The van der Waals surface area contributed by atoms with Crippen LogP contribution in [0, 0.1) is 0 Å². The van der Waals surface area contributed by atoms with E-state index < -0.39 is 0 Å². The van der Waals surface area contributed by atoms with Gasteiger partial charge in [0.15, 0.2) is 0 Å². The summed E-state index contributed by atoms with van der Waals surface area (Å²) in [5.41, 5.74) is 1.52. The Morgan fingerprint density at radius 3 is 2.86 bits per heavy atom. The van der Waals surface area contributed by atoms with Crippen LogP contribution in [0.5, 0.6) is 0 Å². The Hall–Kier alpha value is -2.67. The molecule has 1 N–H and O–H groups in total. The summed E-state index contributed by atoms with van der Waals surface area (Å²) in [6, 6.07) is 9.99. The highest BCUT2D eigenvalue weighted by Gasteiger charge is 2.23. The van der Waals surface area contributed by atoms with Crippen molar-refractivity contribution in [2.24, 2.45) is 0 Å². The van der Waals surface area contributed by atoms with Crippen molar-refractivity contribution in [3.63, 3.8) is 0 Å². The first-order valence-corrected chi connectivity index (χ1v) is 10.5. The van der Waals surface area contributed by atoms with E-state index in [0.717, 1.165) is 59.9 Å². The molecule has 1 saturated heterocycles. The summed E-state index contributed by atoms with van der Waals surface area (Å²) in [5.74, 6) is 1.66. The molecule has 146 valence electrons. The van der Waals surface area contributed by atoms with E-state index >= 15 is 0 Å². The molecule has 0 spiro atoms. The van der Waals surface area contributed by atoms with Gasteiger partial charge >= 0.3 is 5.97 Å². The van der Waals surface area contributed by atoms with Gasteiger partial charge in [-0.15, -0.1) is 11.3 Å². The number of methoxy groups -OCH3 is 1. The molecule has 0 saturated carbocycles. The normalized spacial score (nSPS) is 15.0. The number of benzene rings is 1. The van der Waals surface area contributed by atoms with Crippen molar-refractivity contribution in [3.05, 3.63) is 47.1 Å². The lowest BCUT2D eigenvalue weighted by molar-refractivity contribution is 0.0601. The first-order valence-electron chi connectivity index (χ1n) is 9.62. The number of rotatable bonds is 5. The van der Waals surface area contributed by atoms with Crippen LogP contribution in [0.15, 0.2) is 35.7 Å². The predicted molar refractivity (Wildman–Crippen MR) is 113 cm³/mol. The quantitative estimate of drug-likeness (QED) is 0.655. The third-order valence-electron chi connectivity index (χ3n) is 5.12. The van der Waals surface area contributed by atoms with E-state index in [2.05, 4.69) is 33.6 Å². The number of piperidine rings is 1. The van der Waals surface area contributed by atoms with E-state index in [4.69, 9.17) is 9.72 Å². The molecule has 2 aromatic heterocycles. The number of nitrogens with zero attached hydrogens (tertiary/aromatic N) is 3. The van der Waals surface area contributed by atoms with Crippen molar-refractivity contribution in [1.82, 2.24) is 9.97 Å². The van der Waals surface area contributed by atoms with E-state index in [1.165, 1.54) is 7.11 Å². The van der Waals surface area contributed by atoms with Crippen LogP contribution >= 0.6 is 11.3 Å². The van der Waals surface area contributed by atoms with Gasteiger partial charge in [-0.3, -0.25) is 0 Å². The molecule has 0 unspecified atom stereocenters. The van der Waals surface area contributed by atoms with Gasteiger partial charge < -0.3 is 15.0 Å². The topological polar surface area (TPSA) is 67.4 Å². The molecule has 0 bridgehead atoms. The van der Waals surface area contributed by atoms with E-state index in [1.54, 1.807) is 17.4 Å². The van der Waals surface area contributed by atoms with E-state index in [1.807, 2.05) is 18.2 Å². The maximum Gasteiger partial charge on any atom is 0.337 e. The number of esters is 1. The van der Waals surface area contributed by atoms with Gasteiger partial charge in [0.2, 0.25) is 0 Å². The van der Waals surface area contributed by atoms with Crippen molar-refractivity contribution in [2.45, 2.75) is 32.2 Å². The number of aryl methyl sites for hydroxylation is 1. The van der Waals surface area contributed by atoms with Crippen molar-refractivity contribution in [3.8, 4) is 0 Å². The number of fused-ring (bicyclic) bond motifs is 1. The Morgan fingerprint density at radius 2 is 2.11 bits per heavy atom. The first kappa shape index (κ1) is 18.7. The number of aromatic nitrogens is 2. The Balaban J connectivity index is 1.44. The van der Waals surface area contributed by atoms with Crippen molar-refractivity contribution >= 4 is 39.0 Å². The molecular weight excluding hydrogens is 372 g/mol. The molecule has 6 nitrogen and oxygen atoms in total. The van der Waals surface area contributed by atoms with Gasteiger partial charge in [0.25, 0.3) is 0 Å². The second kappa shape index (κ2) is 8.14. The molecule has 28 heavy (non-hydrogen) atoms. The lowest BCUT2D eigenvalue weighted by Gasteiger charge is -2.34. The Labute approximate surface area is 168 Å². The lowest BCUT2D eigenvalue weighted by Crippen LogP contribution is -2.39. The van der Waals surface area contributed by atoms with Crippen molar-refractivity contribution in [1.29, 1.82) is 0 Å². The summed E-state index contributed by atoms with van der Waals surface area (Å²) >= 11 is 1.67. The molecule has 1 aliphatic rings. The van der Waals surface area contributed by atoms with Gasteiger partial charge in [0, 0.05) is 31.2 Å². The van der Waals surface area contributed by atoms with Crippen LogP contribution < -0.4 is 10.2 Å². The van der Waals surface area contributed by atoms with E-state index in [9.17, 15) is 4.79 Å². The second-order valence-electron chi connectivity index (χ2n) is 6.93. The summed E-state index contributed by atoms with van der Waals surface area (Å²) in [4.78, 5) is 24.6. The van der Waals surface area contributed by atoms with Crippen LogP contribution in [-0.4, -0.2) is 42.2 Å². The van der Waals surface area contributed by atoms with Crippen molar-refractivity contribution in [2.75, 3.05) is 30.4 Å². The summed E-state index contributed by atoms with van der Waals surface area (Å²) in [6.45, 7) is 3.98. The average molecular weight is 397 g/mol. The number of carbonyl (C=O) groups is 1. The highest BCUT2D eigenvalue weighted by atomic mass is 32.1. The zero-order valence-electron chi connectivity index (χ0n) is 16.1. The Bertz CT molecular complexity index is 979. The van der Waals surface area contributed by atoms with E-state index in [-0.39, 0.29) is 5.97 Å². The van der Waals surface area contributed by atoms with Crippen LogP contribution in [-0.2, 0) is 11.2 Å². The SMILES string of the molecule is CCc1nc(N2CCC(Nc3cccc(C(=O)OC)c3)CC2)c2ccsc2n1. The molecule has 0 amide bonds. The van der Waals surface area contributed by atoms with Crippen LogP contribution in [0.4, 0.5) is 11.5 Å². The standard InChI is InChI=1S/C21H24N4O2S/c1-3-18-23-19(17-9-12-28-20(17)24-18)25-10-7-15(8-11-25)22-16-6-4-5-14(13-16)21(26)27-2/h4-6,9,12-13,15,22H,3,7-8,10-11H2,1-2H3. The Kier molecular flexibility index (Phi) is 5.43. The molecule has 1 fully saturated rings. The maximum absolute atomic E-state index is 11.7. The number of anilines is 2. The number of ether oxygens (including phenoxy) is 1. The number of hydrogen-bond acceptors (Lipinski definition) is 7. The largest absolute Gasteiger partial charge is 0.465 e. The zero-order chi connectivity index (χ0) is 19.5. The molecule has 0 aliphatic carbocycles. The van der Waals surface area contributed by atoms with Crippen LogP contribution in [0.1, 0.15) is 35.9 Å². The monoisotopic (exact) mass is 396 g/mol. The van der Waals surface area contributed by atoms with E-state index in [0.29, 0.717) is 11.6 Å². The minimum atomic E-state index is -0.311. The molecule has 7 heteroatoms. The lowest BCUT2D eigenvalue weighted by atomic mass is 10.0. The van der Waals surface area contributed by atoms with Gasteiger partial charge in [0.05, 0.1) is 18.1 Å². The van der Waals surface area contributed by atoms with Gasteiger partial charge in [-0.2, -0.15) is 0 Å². The Morgan fingerprint density at radius 1 is 1.29 bits per heavy atom. The molecule has 0 atom stereocenters.